The Morgan fingerprint density at radius 2 is 1.88 bits per heavy atom. The second kappa shape index (κ2) is 8.75. The van der Waals surface area contributed by atoms with Crippen molar-refractivity contribution in [1.29, 1.82) is 0 Å². The van der Waals surface area contributed by atoms with Gasteiger partial charge in [0.2, 0.25) is 5.71 Å². The molecule has 1 fully saturated rings. The fourth-order valence-corrected chi connectivity index (χ4v) is 3.55. The van der Waals surface area contributed by atoms with Gasteiger partial charge < -0.3 is 19.0 Å². The number of aryl methyl sites for hydroxylation is 1. The zero-order valence-corrected chi connectivity index (χ0v) is 17.9. The number of aromatic nitrogens is 2. The molecule has 0 aliphatic carbocycles. The minimum atomic E-state index is -4.65. The number of ether oxygens (including phenoxy) is 1. The molecule has 1 aromatic carbocycles. The Labute approximate surface area is 186 Å². The standard InChI is InChI=1S/C21H21F4N5O3/c1-3-32-19-17(26-16-8-12(2)33-18(16)28-19)27-20(31)30-6-4-29(5-7-30)15-10-13(21(23,24)25)9-14(22)11-15/h8-11H,3-7H2,1-2H3,(H,26,27,31). The number of anilines is 2. The number of rotatable bonds is 4. The van der Waals surface area contributed by atoms with Gasteiger partial charge in [-0.1, -0.05) is 0 Å². The van der Waals surface area contributed by atoms with E-state index in [1.807, 2.05) is 0 Å². The molecule has 33 heavy (non-hydrogen) atoms. The van der Waals surface area contributed by atoms with E-state index in [2.05, 4.69) is 15.3 Å². The number of fused-ring (bicyclic) bond motifs is 1. The third-order valence-electron chi connectivity index (χ3n) is 5.10. The fourth-order valence-electron chi connectivity index (χ4n) is 3.55. The molecule has 1 N–H and O–H groups in total. The van der Waals surface area contributed by atoms with Crippen molar-refractivity contribution in [2.24, 2.45) is 0 Å². The first-order valence-corrected chi connectivity index (χ1v) is 10.2. The topological polar surface area (TPSA) is 83.7 Å². The summed E-state index contributed by atoms with van der Waals surface area (Å²) in [5, 5.41) is 2.68. The van der Waals surface area contributed by atoms with Gasteiger partial charge in [0, 0.05) is 37.9 Å². The molecule has 0 bridgehead atoms. The molecule has 3 heterocycles. The summed E-state index contributed by atoms with van der Waals surface area (Å²) in [4.78, 5) is 24.5. The van der Waals surface area contributed by atoms with Crippen molar-refractivity contribution < 1.29 is 31.5 Å². The van der Waals surface area contributed by atoms with Gasteiger partial charge in [0.05, 0.1) is 12.2 Å². The molecule has 176 valence electrons. The van der Waals surface area contributed by atoms with Crippen LogP contribution in [-0.4, -0.2) is 53.7 Å². The lowest BCUT2D eigenvalue weighted by atomic mass is 10.1. The molecule has 2 amide bonds. The maximum absolute atomic E-state index is 13.7. The van der Waals surface area contributed by atoms with E-state index in [1.54, 1.807) is 24.8 Å². The smallest absolute Gasteiger partial charge is 0.416 e. The van der Waals surface area contributed by atoms with Crippen molar-refractivity contribution in [2.45, 2.75) is 20.0 Å². The monoisotopic (exact) mass is 467 g/mol. The zero-order valence-electron chi connectivity index (χ0n) is 17.9. The number of amides is 2. The van der Waals surface area contributed by atoms with E-state index < -0.39 is 23.6 Å². The molecule has 3 aromatic rings. The zero-order chi connectivity index (χ0) is 23.8. The Morgan fingerprint density at radius 3 is 2.55 bits per heavy atom. The molecule has 12 heteroatoms. The highest BCUT2D eigenvalue weighted by molar-refractivity contribution is 5.91. The van der Waals surface area contributed by atoms with Crippen LogP contribution in [0.1, 0.15) is 18.2 Å². The molecular formula is C21H21F4N5O3. The molecule has 4 rings (SSSR count). The molecule has 1 aliphatic rings. The molecular weight excluding hydrogens is 446 g/mol. The Morgan fingerprint density at radius 1 is 1.15 bits per heavy atom. The number of hydrogen-bond acceptors (Lipinski definition) is 6. The van der Waals surface area contributed by atoms with Crippen molar-refractivity contribution >= 4 is 28.8 Å². The van der Waals surface area contributed by atoms with Crippen LogP contribution >= 0.6 is 0 Å². The number of benzene rings is 1. The summed E-state index contributed by atoms with van der Waals surface area (Å²) in [6.07, 6.45) is -4.65. The summed E-state index contributed by atoms with van der Waals surface area (Å²) >= 11 is 0. The highest BCUT2D eigenvalue weighted by atomic mass is 19.4. The molecule has 0 spiro atoms. The first-order chi connectivity index (χ1) is 15.6. The summed E-state index contributed by atoms with van der Waals surface area (Å²) in [6.45, 7) is 4.71. The van der Waals surface area contributed by atoms with E-state index in [0.29, 0.717) is 24.0 Å². The van der Waals surface area contributed by atoms with Crippen LogP contribution in [0.25, 0.3) is 11.2 Å². The Kier molecular flexibility index (Phi) is 6.00. The summed E-state index contributed by atoms with van der Waals surface area (Å²) in [7, 11) is 0. The van der Waals surface area contributed by atoms with Crippen LogP contribution in [0.2, 0.25) is 0 Å². The number of hydrogen-bond donors (Lipinski definition) is 1. The van der Waals surface area contributed by atoms with E-state index in [1.165, 1.54) is 4.90 Å². The molecule has 0 atom stereocenters. The second-order valence-corrected chi connectivity index (χ2v) is 7.46. The summed E-state index contributed by atoms with van der Waals surface area (Å²) in [5.41, 5.74) is -0.184. The molecule has 0 radical (unpaired) electrons. The van der Waals surface area contributed by atoms with Crippen molar-refractivity contribution in [3.63, 3.8) is 0 Å². The van der Waals surface area contributed by atoms with Crippen LogP contribution in [0.4, 0.5) is 33.9 Å². The van der Waals surface area contributed by atoms with Crippen LogP contribution in [0, 0.1) is 12.7 Å². The van der Waals surface area contributed by atoms with Gasteiger partial charge in [-0.15, -0.1) is 0 Å². The predicted octanol–water partition coefficient (Wildman–Crippen LogP) is 4.44. The van der Waals surface area contributed by atoms with Gasteiger partial charge in [-0.05, 0) is 32.0 Å². The largest absolute Gasteiger partial charge is 0.475 e. The van der Waals surface area contributed by atoms with Gasteiger partial charge in [0.1, 0.15) is 17.1 Å². The molecule has 0 saturated carbocycles. The lowest BCUT2D eigenvalue weighted by Crippen LogP contribution is -2.50. The van der Waals surface area contributed by atoms with Crippen molar-refractivity contribution in [3.05, 3.63) is 41.4 Å². The maximum atomic E-state index is 13.7. The maximum Gasteiger partial charge on any atom is 0.416 e. The van der Waals surface area contributed by atoms with Gasteiger partial charge in [-0.25, -0.2) is 14.2 Å². The highest BCUT2D eigenvalue weighted by Gasteiger charge is 2.32. The van der Waals surface area contributed by atoms with E-state index in [-0.39, 0.29) is 49.3 Å². The van der Waals surface area contributed by atoms with Crippen LogP contribution in [0.5, 0.6) is 5.88 Å². The van der Waals surface area contributed by atoms with E-state index in [9.17, 15) is 22.4 Å². The minimum Gasteiger partial charge on any atom is -0.475 e. The number of nitrogens with zero attached hydrogens (tertiary/aromatic N) is 4. The number of carbonyl (C=O) groups is 1. The number of carbonyl (C=O) groups excluding carboxylic acids is 1. The van der Waals surface area contributed by atoms with Crippen LogP contribution in [-0.2, 0) is 6.18 Å². The van der Waals surface area contributed by atoms with Gasteiger partial charge in [-0.3, -0.25) is 5.32 Å². The second-order valence-electron chi connectivity index (χ2n) is 7.46. The summed E-state index contributed by atoms with van der Waals surface area (Å²) < 4.78 is 63.7. The molecule has 1 saturated heterocycles. The van der Waals surface area contributed by atoms with Crippen LogP contribution < -0.4 is 15.0 Å². The molecule has 1 aliphatic heterocycles. The molecule has 8 nitrogen and oxygen atoms in total. The Bertz CT molecular complexity index is 1170. The lowest BCUT2D eigenvalue weighted by Gasteiger charge is -2.36. The normalized spacial score (nSPS) is 14.6. The van der Waals surface area contributed by atoms with Crippen molar-refractivity contribution in [3.8, 4) is 5.88 Å². The summed E-state index contributed by atoms with van der Waals surface area (Å²) in [5.74, 6) is -0.103. The number of furan rings is 1. The fraction of sp³-hybridized carbons (Fsp3) is 0.381. The van der Waals surface area contributed by atoms with E-state index in [0.717, 1.165) is 12.1 Å². The Balaban J connectivity index is 1.45. The van der Waals surface area contributed by atoms with Gasteiger partial charge in [-0.2, -0.15) is 18.2 Å². The van der Waals surface area contributed by atoms with Crippen molar-refractivity contribution in [1.82, 2.24) is 14.9 Å². The van der Waals surface area contributed by atoms with E-state index >= 15 is 0 Å². The number of alkyl halides is 3. The SMILES string of the molecule is CCOc1nc2oc(C)cc2nc1NC(=O)N1CCN(c2cc(F)cc(C(F)(F)F)c2)CC1. The average molecular weight is 467 g/mol. The third-order valence-corrected chi connectivity index (χ3v) is 5.10. The third kappa shape index (κ3) is 4.94. The number of halogens is 4. The van der Waals surface area contributed by atoms with Gasteiger partial charge in [0.15, 0.2) is 5.82 Å². The number of piperazine rings is 1. The highest BCUT2D eigenvalue weighted by Crippen LogP contribution is 2.33. The molecule has 0 unspecified atom stereocenters. The minimum absolute atomic E-state index is 0.116. The quantitative estimate of drug-likeness (QED) is 0.571. The average Bonchev–Trinajstić information content (AvgIpc) is 3.12. The first-order valence-electron chi connectivity index (χ1n) is 10.2. The van der Waals surface area contributed by atoms with Gasteiger partial charge in [0.25, 0.3) is 5.88 Å². The number of urea groups is 1. The summed E-state index contributed by atoms with van der Waals surface area (Å²) in [6, 6.07) is 3.64. The van der Waals surface area contributed by atoms with E-state index in [4.69, 9.17) is 9.15 Å². The van der Waals surface area contributed by atoms with Gasteiger partial charge >= 0.3 is 12.2 Å². The number of nitrogens with one attached hydrogen (secondary N) is 1. The first kappa shape index (κ1) is 22.6. The lowest BCUT2D eigenvalue weighted by molar-refractivity contribution is -0.137. The molecule has 2 aromatic heterocycles. The van der Waals surface area contributed by atoms with Crippen LogP contribution in [0.15, 0.2) is 28.7 Å². The Hall–Kier alpha value is -3.57. The van der Waals surface area contributed by atoms with Crippen LogP contribution in [0.3, 0.4) is 0 Å². The van der Waals surface area contributed by atoms with Crippen molar-refractivity contribution in [2.75, 3.05) is 43.0 Å². The predicted molar refractivity (Wildman–Crippen MR) is 112 cm³/mol.